The van der Waals surface area contributed by atoms with Gasteiger partial charge in [-0.25, -0.2) is 0 Å². The maximum atomic E-state index is 12.0. The van der Waals surface area contributed by atoms with Crippen LogP contribution in [-0.2, 0) is 4.79 Å². The number of benzene rings is 2. The van der Waals surface area contributed by atoms with Gasteiger partial charge in [0.1, 0.15) is 0 Å². The van der Waals surface area contributed by atoms with Crippen molar-refractivity contribution in [3.05, 3.63) is 59.7 Å². The summed E-state index contributed by atoms with van der Waals surface area (Å²) < 4.78 is 0. The van der Waals surface area contributed by atoms with Crippen molar-refractivity contribution in [1.29, 1.82) is 0 Å². The third-order valence-electron chi connectivity index (χ3n) is 3.78. The summed E-state index contributed by atoms with van der Waals surface area (Å²) in [6, 6.07) is 14.2. The van der Waals surface area contributed by atoms with Crippen LogP contribution in [0.15, 0.2) is 48.5 Å². The number of carbonyl (C=O) groups is 1. The van der Waals surface area contributed by atoms with Gasteiger partial charge in [0.15, 0.2) is 0 Å². The Labute approximate surface area is 131 Å². The molecule has 0 aliphatic carbocycles. The second-order valence-corrected chi connectivity index (χ2v) is 5.61. The number of hydrogen-bond acceptors (Lipinski definition) is 2. The lowest BCUT2D eigenvalue weighted by atomic mass is 10.0. The van der Waals surface area contributed by atoms with Gasteiger partial charge in [-0.05, 0) is 43.7 Å². The summed E-state index contributed by atoms with van der Waals surface area (Å²) in [5.41, 5.74) is 5.92. The lowest BCUT2D eigenvalue weighted by molar-refractivity contribution is -0.110. The van der Waals surface area contributed by atoms with Crippen LogP contribution in [0, 0.1) is 6.92 Å². The van der Waals surface area contributed by atoms with Gasteiger partial charge in [0.05, 0.1) is 0 Å². The van der Waals surface area contributed by atoms with E-state index in [0.29, 0.717) is 0 Å². The van der Waals surface area contributed by atoms with Crippen molar-refractivity contribution in [2.24, 2.45) is 0 Å². The number of amides is 1. The third-order valence-corrected chi connectivity index (χ3v) is 3.78. The van der Waals surface area contributed by atoms with E-state index in [4.69, 9.17) is 0 Å². The highest BCUT2D eigenvalue weighted by atomic mass is 16.2. The van der Waals surface area contributed by atoms with Crippen LogP contribution in [0.4, 0.5) is 17.1 Å². The van der Waals surface area contributed by atoms with E-state index in [0.717, 1.165) is 41.0 Å². The van der Waals surface area contributed by atoms with Crippen molar-refractivity contribution in [1.82, 2.24) is 0 Å². The molecule has 0 aromatic heterocycles. The summed E-state index contributed by atoms with van der Waals surface area (Å²) in [5.74, 6) is -0.00376. The Balaban J connectivity index is 1.89. The third kappa shape index (κ3) is 2.89. The molecule has 2 aromatic carbocycles. The van der Waals surface area contributed by atoms with Crippen molar-refractivity contribution in [2.45, 2.75) is 26.7 Å². The van der Waals surface area contributed by atoms with Crippen molar-refractivity contribution in [3.8, 4) is 0 Å². The SMILES string of the molecule is CCC/C=C1/C(=O)Nc2ccc(Nc3ccc(C)cc3)cc21. The fraction of sp³-hybridized carbons (Fsp3) is 0.211. The average molecular weight is 292 g/mol. The van der Waals surface area contributed by atoms with Crippen LogP contribution in [-0.4, -0.2) is 5.91 Å². The molecule has 0 radical (unpaired) electrons. The fourth-order valence-corrected chi connectivity index (χ4v) is 2.56. The summed E-state index contributed by atoms with van der Waals surface area (Å²) in [4.78, 5) is 12.0. The number of rotatable bonds is 4. The molecule has 3 heteroatoms. The molecule has 0 unspecified atom stereocenters. The summed E-state index contributed by atoms with van der Waals surface area (Å²) in [5, 5.41) is 6.31. The summed E-state index contributed by atoms with van der Waals surface area (Å²) in [6.07, 6.45) is 3.97. The quantitative estimate of drug-likeness (QED) is 0.789. The van der Waals surface area contributed by atoms with Gasteiger partial charge in [-0.3, -0.25) is 4.79 Å². The van der Waals surface area contributed by atoms with E-state index in [-0.39, 0.29) is 5.91 Å². The van der Waals surface area contributed by atoms with Gasteiger partial charge in [0, 0.05) is 28.2 Å². The molecule has 2 aromatic rings. The average Bonchev–Trinajstić information content (AvgIpc) is 2.82. The molecule has 0 fully saturated rings. The van der Waals surface area contributed by atoms with Crippen molar-refractivity contribution >= 4 is 28.5 Å². The first-order valence-corrected chi connectivity index (χ1v) is 7.67. The van der Waals surface area contributed by atoms with Crippen LogP contribution in [0.3, 0.4) is 0 Å². The van der Waals surface area contributed by atoms with Crippen LogP contribution < -0.4 is 10.6 Å². The first-order valence-electron chi connectivity index (χ1n) is 7.67. The van der Waals surface area contributed by atoms with E-state index in [1.54, 1.807) is 0 Å². The van der Waals surface area contributed by atoms with Crippen LogP contribution in [0.5, 0.6) is 0 Å². The van der Waals surface area contributed by atoms with Crippen molar-refractivity contribution in [3.63, 3.8) is 0 Å². The standard InChI is InChI=1S/C19H20N2O/c1-3-4-5-16-17-12-15(10-11-18(17)21-19(16)22)20-14-8-6-13(2)7-9-14/h5-12,20H,3-4H2,1-2H3,(H,21,22)/b16-5+. The number of hydrogen-bond donors (Lipinski definition) is 2. The number of carbonyl (C=O) groups excluding carboxylic acids is 1. The van der Waals surface area contributed by atoms with E-state index in [9.17, 15) is 4.79 Å². The zero-order valence-corrected chi connectivity index (χ0v) is 12.9. The molecule has 0 saturated carbocycles. The second kappa shape index (κ2) is 6.06. The second-order valence-electron chi connectivity index (χ2n) is 5.61. The Bertz CT molecular complexity index is 730. The van der Waals surface area contributed by atoms with Gasteiger partial charge in [0.25, 0.3) is 5.91 Å². The molecule has 22 heavy (non-hydrogen) atoms. The lowest BCUT2D eigenvalue weighted by Crippen LogP contribution is -2.03. The van der Waals surface area contributed by atoms with Crippen LogP contribution in [0.2, 0.25) is 0 Å². The van der Waals surface area contributed by atoms with E-state index < -0.39 is 0 Å². The summed E-state index contributed by atoms with van der Waals surface area (Å²) in [7, 11) is 0. The molecule has 3 nitrogen and oxygen atoms in total. The van der Waals surface area contributed by atoms with Crippen LogP contribution in [0.1, 0.15) is 30.9 Å². The monoisotopic (exact) mass is 292 g/mol. The molecule has 1 heterocycles. The minimum atomic E-state index is -0.00376. The number of aryl methyl sites for hydroxylation is 1. The van der Waals surface area contributed by atoms with E-state index in [1.165, 1.54) is 5.56 Å². The molecule has 0 saturated heterocycles. The largest absolute Gasteiger partial charge is 0.356 e. The predicted molar refractivity (Wildman–Crippen MR) is 92.4 cm³/mol. The Hall–Kier alpha value is -2.55. The highest BCUT2D eigenvalue weighted by Crippen LogP contribution is 2.34. The topological polar surface area (TPSA) is 41.1 Å². The number of fused-ring (bicyclic) bond motifs is 1. The Kier molecular flexibility index (Phi) is 3.96. The van der Waals surface area contributed by atoms with Gasteiger partial charge < -0.3 is 10.6 Å². The van der Waals surface area contributed by atoms with Gasteiger partial charge in [-0.1, -0.05) is 37.1 Å². The van der Waals surface area contributed by atoms with Crippen LogP contribution in [0.25, 0.3) is 5.57 Å². The molecule has 3 rings (SSSR count). The minimum Gasteiger partial charge on any atom is -0.356 e. The van der Waals surface area contributed by atoms with E-state index in [1.807, 2.05) is 24.3 Å². The summed E-state index contributed by atoms with van der Waals surface area (Å²) in [6.45, 7) is 4.18. The zero-order valence-electron chi connectivity index (χ0n) is 12.9. The van der Waals surface area contributed by atoms with E-state index in [2.05, 4.69) is 48.7 Å². The zero-order chi connectivity index (χ0) is 15.5. The molecule has 1 amide bonds. The molecule has 0 spiro atoms. The van der Waals surface area contributed by atoms with Gasteiger partial charge >= 0.3 is 0 Å². The molecule has 0 bridgehead atoms. The van der Waals surface area contributed by atoms with Crippen molar-refractivity contribution < 1.29 is 4.79 Å². The maximum Gasteiger partial charge on any atom is 0.256 e. The Morgan fingerprint density at radius 2 is 1.82 bits per heavy atom. The Morgan fingerprint density at radius 3 is 2.55 bits per heavy atom. The van der Waals surface area contributed by atoms with Gasteiger partial charge in [-0.15, -0.1) is 0 Å². The van der Waals surface area contributed by atoms with E-state index >= 15 is 0 Å². The smallest absolute Gasteiger partial charge is 0.256 e. The fourth-order valence-electron chi connectivity index (χ4n) is 2.56. The number of nitrogens with one attached hydrogen (secondary N) is 2. The van der Waals surface area contributed by atoms with Gasteiger partial charge in [-0.2, -0.15) is 0 Å². The highest BCUT2D eigenvalue weighted by Gasteiger charge is 2.23. The Morgan fingerprint density at radius 1 is 1.09 bits per heavy atom. The predicted octanol–water partition coefficient (Wildman–Crippen LogP) is 4.87. The number of unbranched alkanes of at least 4 members (excludes halogenated alkanes) is 1. The van der Waals surface area contributed by atoms with Crippen LogP contribution >= 0.6 is 0 Å². The minimum absolute atomic E-state index is 0.00376. The molecular weight excluding hydrogens is 272 g/mol. The maximum absolute atomic E-state index is 12.0. The molecule has 1 aliphatic heterocycles. The molecule has 1 aliphatic rings. The normalized spacial score (nSPS) is 14.8. The number of allylic oxidation sites excluding steroid dienone is 1. The highest BCUT2D eigenvalue weighted by molar-refractivity contribution is 6.31. The first kappa shape index (κ1) is 14.4. The first-order chi connectivity index (χ1) is 10.7. The number of anilines is 3. The van der Waals surface area contributed by atoms with Gasteiger partial charge in [0.2, 0.25) is 0 Å². The molecule has 112 valence electrons. The molecule has 2 N–H and O–H groups in total. The molecular formula is C19H20N2O. The summed E-state index contributed by atoms with van der Waals surface area (Å²) >= 11 is 0. The lowest BCUT2D eigenvalue weighted by Gasteiger charge is -2.08. The molecule has 0 atom stereocenters. The van der Waals surface area contributed by atoms with Crippen molar-refractivity contribution in [2.75, 3.05) is 10.6 Å².